The molecule has 0 radical (unpaired) electrons. The Hall–Kier alpha value is -0.610. The molecule has 0 spiro atoms. The molecule has 1 heterocycles. The van der Waals surface area contributed by atoms with Gasteiger partial charge in [0.25, 0.3) is 0 Å². The first-order valence-electron chi connectivity index (χ1n) is 7.33. The molecule has 0 bridgehead atoms. The van der Waals surface area contributed by atoms with Crippen molar-refractivity contribution in [2.24, 2.45) is 5.92 Å². The lowest BCUT2D eigenvalue weighted by Crippen LogP contribution is -2.48. The van der Waals surface area contributed by atoms with Gasteiger partial charge in [-0.2, -0.15) is 0 Å². The smallest absolute Gasteiger partial charge is 0.239 e. The van der Waals surface area contributed by atoms with Gasteiger partial charge in [-0.3, -0.25) is 4.79 Å². The lowest BCUT2D eigenvalue weighted by molar-refractivity contribution is -0.134. The molecule has 1 amide bonds. The molecule has 0 aromatic heterocycles. The van der Waals surface area contributed by atoms with E-state index in [0.717, 1.165) is 38.8 Å². The van der Waals surface area contributed by atoms with Gasteiger partial charge in [-0.15, -0.1) is 0 Å². The molecule has 1 saturated heterocycles. The fourth-order valence-electron chi connectivity index (χ4n) is 3.01. The van der Waals surface area contributed by atoms with Crippen LogP contribution in [0.1, 0.15) is 44.9 Å². The van der Waals surface area contributed by atoms with Gasteiger partial charge in [-0.05, 0) is 38.1 Å². The van der Waals surface area contributed by atoms with Crippen molar-refractivity contribution in [1.29, 1.82) is 0 Å². The van der Waals surface area contributed by atoms with Crippen LogP contribution in [0.3, 0.4) is 0 Å². The maximum absolute atomic E-state index is 12.3. The van der Waals surface area contributed by atoms with E-state index < -0.39 is 0 Å². The van der Waals surface area contributed by atoms with E-state index in [9.17, 15) is 9.90 Å². The summed E-state index contributed by atoms with van der Waals surface area (Å²) in [4.78, 5) is 14.2. The van der Waals surface area contributed by atoms with Gasteiger partial charge in [-0.25, -0.2) is 0 Å². The quantitative estimate of drug-likeness (QED) is 0.794. The van der Waals surface area contributed by atoms with Crippen LogP contribution in [0.2, 0.25) is 0 Å². The Morgan fingerprint density at radius 2 is 2.00 bits per heavy atom. The molecule has 1 unspecified atom stereocenters. The molecule has 2 fully saturated rings. The zero-order valence-electron chi connectivity index (χ0n) is 11.4. The number of nitrogens with one attached hydrogen (secondary N) is 1. The second kappa shape index (κ2) is 6.53. The number of aliphatic hydroxyl groups is 1. The number of carbonyl (C=O) groups excluding carboxylic acids is 1. The lowest BCUT2D eigenvalue weighted by atomic mass is 9.82. The largest absolute Gasteiger partial charge is 0.393 e. The molecule has 1 aliphatic carbocycles. The highest BCUT2D eigenvalue weighted by Gasteiger charge is 2.30. The maximum Gasteiger partial charge on any atom is 0.239 e. The third-order valence-corrected chi connectivity index (χ3v) is 4.23. The number of hydrogen-bond donors (Lipinski definition) is 2. The van der Waals surface area contributed by atoms with Gasteiger partial charge in [0.05, 0.1) is 12.1 Å². The van der Waals surface area contributed by atoms with Gasteiger partial charge >= 0.3 is 0 Å². The number of carbonyl (C=O) groups is 1. The van der Waals surface area contributed by atoms with Crippen LogP contribution >= 0.6 is 0 Å². The van der Waals surface area contributed by atoms with Crippen molar-refractivity contribution in [3.05, 3.63) is 0 Å². The van der Waals surface area contributed by atoms with Crippen molar-refractivity contribution in [2.75, 3.05) is 20.1 Å². The molecular weight excluding hydrogens is 228 g/mol. The number of amides is 1. The van der Waals surface area contributed by atoms with Crippen molar-refractivity contribution in [3.63, 3.8) is 0 Å². The predicted molar refractivity (Wildman–Crippen MR) is 71.2 cm³/mol. The number of hydrogen-bond acceptors (Lipinski definition) is 3. The summed E-state index contributed by atoms with van der Waals surface area (Å²) in [7, 11) is 1.90. The van der Waals surface area contributed by atoms with Gasteiger partial charge in [0, 0.05) is 13.6 Å². The van der Waals surface area contributed by atoms with Gasteiger partial charge < -0.3 is 15.3 Å². The summed E-state index contributed by atoms with van der Waals surface area (Å²) < 4.78 is 0. The van der Waals surface area contributed by atoms with Crippen LogP contribution in [0.5, 0.6) is 0 Å². The molecule has 18 heavy (non-hydrogen) atoms. The SMILES string of the molecule is CN(CC1CC(O)C1)C(=O)C1CCCCCCN1. The Morgan fingerprint density at radius 1 is 1.28 bits per heavy atom. The Kier molecular flexibility index (Phi) is 5.01. The summed E-state index contributed by atoms with van der Waals surface area (Å²) in [5, 5.41) is 12.7. The highest BCUT2D eigenvalue weighted by Crippen LogP contribution is 2.27. The minimum Gasteiger partial charge on any atom is -0.393 e. The molecule has 4 nitrogen and oxygen atoms in total. The molecule has 0 aromatic rings. The molecule has 2 N–H and O–H groups in total. The van der Waals surface area contributed by atoms with Crippen molar-refractivity contribution in [1.82, 2.24) is 10.2 Å². The van der Waals surface area contributed by atoms with Crippen LogP contribution in [0.15, 0.2) is 0 Å². The third kappa shape index (κ3) is 3.69. The molecule has 4 heteroatoms. The molecule has 2 rings (SSSR count). The molecule has 0 aromatic carbocycles. The Labute approximate surface area is 110 Å². The topological polar surface area (TPSA) is 52.6 Å². The van der Waals surface area contributed by atoms with Crippen molar-refractivity contribution in [2.45, 2.75) is 57.1 Å². The first kappa shape index (κ1) is 13.8. The van der Waals surface area contributed by atoms with E-state index in [1.165, 1.54) is 19.3 Å². The van der Waals surface area contributed by atoms with Crippen LogP contribution in [0.25, 0.3) is 0 Å². The van der Waals surface area contributed by atoms with Gasteiger partial charge in [-0.1, -0.05) is 19.3 Å². The number of aliphatic hydroxyl groups excluding tert-OH is 1. The van der Waals surface area contributed by atoms with E-state index in [1.54, 1.807) is 0 Å². The second-order valence-corrected chi connectivity index (χ2v) is 5.92. The lowest BCUT2D eigenvalue weighted by Gasteiger charge is -2.35. The monoisotopic (exact) mass is 254 g/mol. The highest BCUT2D eigenvalue weighted by molar-refractivity contribution is 5.81. The standard InChI is InChI=1S/C14H26N2O2/c1-16(10-11-8-12(17)9-11)14(18)13-6-4-2-3-5-7-15-13/h11-13,15,17H,2-10H2,1H3. The molecule has 1 aliphatic heterocycles. The molecule has 1 atom stereocenters. The van der Waals surface area contributed by atoms with Gasteiger partial charge in [0.2, 0.25) is 5.91 Å². The summed E-state index contributed by atoms with van der Waals surface area (Å²) in [6.07, 6.45) is 7.43. The second-order valence-electron chi connectivity index (χ2n) is 5.92. The van der Waals surface area contributed by atoms with Gasteiger partial charge in [0.15, 0.2) is 0 Å². The van der Waals surface area contributed by atoms with E-state index in [0.29, 0.717) is 5.92 Å². The summed E-state index contributed by atoms with van der Waals surface area (Å²) >= 11 is 0. The fraction of sp³-hybridized carbons (Fsp3) is 0.929. The third-order valence-electron chi connectivity index (χ3n) is 4.23. The zero-order chi connectivity index (χ0) is 13.0. The van der Waals surface area contributed by atoms with E-state index >= 15 is 0 Å². The molecule has 104 valence electrons. The molecular formula is C14H26N2O2. The minimum absolute atomic E-state index is 0.0142. The van der Waals surface area contributed by atoms with Crippen LogP contribution < -0.4 is 5.32 Å². The van der Waals surface area contributed by atoms with E-state index in [1.807, 2.05) is 11.9 Å². The normalized spacial score (nSPS) is 33.1. The predicted octanol–water partition coefficient (Wildman–Crippen LogP) is 1.14. The summed E-state index contributed by atoms with van der Waals surface area (Å²) in [5.41, 5.74) is 0. The Morgan fingerprint density at radius 3 is 2.72 bits per heavy atom. The number of rotatable bonds is 3. The summed E-state index contributed by atoms with van der Waals surface area (Å²) in [6, 6.07) is 0.0142. The zero-order valence-corrected chi connectivity index (χ0v) is 11.4. The first-order valence-corrected chi connectivity index (χ1v) is 7.33. The Balaban J connectivity index is 1.76. The van der Waals surface area contributed by atoms with E-state index in [2.05, 4.69) is 5.32 Å². The average molecular weight is 254 g/mol. The number of nitrogens with zero attached hydrogens (tertiary/aromatic N) is 1. The van der Waals surface area contributed by atoms with E-state index in [4.69, 9.17) is 0 Å². The van der Waals surface area contributed by atoms with Crippen LogP contribution in [0.4, 0.5) is 0 Å². The van der Waals surface area contributed by atoms with Crippen LogP contribution in [-0.2, 0) is 4.79 Å². The van der Waals surface area contributed by atoms with Gasteiger partial charge in [0.1, 0.15) is 0 Å². The highest BCUT2D eigenvalue weighted by atomic mass is 16.3. The molecule has 1 saturated carbocycles. The average Bonchev–Trinajstić information content (AvgIpc) is 2.25. The Bertz CT molecular complexity index is 269. The summed E-state index contributed by atoms with van der Waals surface area (Å²) in [5.74, 6) is 0.737. The molecule has 2 aliphatic rings. The van der Waals surface area contributed by atoms with Crippen LogP contribution in [0, 0.1) is 5.92 Å². The first-order chi connectivity index (χ1) is 8.66. The minimum atomic E-state index is -0.127. The summed E-state index contributed by atoms with van der Waals surface area (Å²) in [6.45, 7) is 1.76. The van der Waals surface area contributed by atoms with E-state index in [-0.39, 0.29) is 18.1 Å². The van der Waals surface area contributed by atoms with Crippen molar-refractivity contribution >= 4 is 5.91 Å². The fourth-order valence-corrected chi connectivity index (χ4v) is 3.01. The maximum atomic E-state index is 12.3. The van der Waals surface area contributed by atoms with Crippen LogP contribution in [-0.4, -0.2) is 48.2 Å². The van der Waals surface area contributed by atoms with Crippen molar-refractivity contribution in [3.8, 4) is 0 Å². The van der Waals surface area contributed by atoms with Crippen molar-refractivity contribution < 1.29 is 9.90 Å². The number of likely N-dealkylation sites (N-methyl/N-ethyl adjacent to an activating group) is 1.